The van der Waals surface area contributed by atoms with Gasteiger partial charge >= 0.3 is 0 Å². The maximum atomic E-state index is 6.12. The highest BCUT2D eigenvalue weighted by Crippen LogP contribution is 2.33. The summed E-state index contributed by atoms with van der Waals surface area (Å²) in [7, 11) is 0. The molecule has 1 aromatic rings. The van der Waals surface area contributed by atoms with Crippen LogP contribution in [0.3, 0.4) is 0 Å². The summed E-state index contributed by atoms with van der Waals surface area (Å²) >= 11 is 3.67. The van der Waals surface area contributed by atoms with E-state index < -0.39 is 0 Å². The summed E-state index contributed by atoms with van der Waals surface area (Å²) in [6.07, 6.45) is 5.17. The second-order valence-electron chi connectivity index (χ2n) is 6.49. The number of hydrogen-bond acceptors (Lipinski definition) is 1. The number of rotatable bonds is 5. The molecule has 2 unspecified atom stereocenters. The Morgan fingerprint density at radius 1 is 1.42 bits per heavy atom. The maximum Gasteiger partial charge on any atom is 0.0631 e. The predicted octanol–water partition coefficient (Wildman–Crippen LogP) is 4.90. The molecule has 0 N–H and O–H groups in total. The van der Waals surface area contributed by atoms with E-state index >= 15 is 0 Å². The van der Waals surface area contributed by atoms with Crippen LogP contribution in [0.5, 0.6) is 0 Å². The highest BCUT2D eigenvalue weighted by atomic mass is 79.9. The lowest BCUT2D eigenvalue weighted by atomic mass is 9.93. The summed E-state index contributed by atoms with van der Waals surface area (Å²) < 4.78 is 6.12. The smallest absolute Gasteiger partial charge is 0.0631 e. The molecule has 0 radical (unpaired) electrons. The molecule has 0 spiro atoms. The van der Waals surface area contributed by atoms with Crippen LogP contribution in [0.4, 0.5) is 0 Å². The molecule has 1 fully saturated rings. The SMILES string of the molecule is Cc1cccc(CC(CBr)CC2CCC(C)(C)O2)c1. The van der Waals surface area contributed by atoms with E-state index in [-0.39, 0.29) is 5.60 Å². The van der Waals surface area contributed by atoms with Crippen molar-refractivity contribution < 1.29 is 4.74 Å². The normalized spacial score (nSPS) is 23.5. The zero-order valence-corrected chi connectivity index (χ0v) is 13.9. The van der Waals surface area contributed by atoms with Gasteiger partial charge in [0.25, 0.3) is 0 Å². The van der Waals surface area contributed by atoms with Crippen LogP contribution >= 0.6 is 15.9 Å². The summed E-state index contributed by atoms with van der Waals surface area (Å²) in [6.45, 7) is 6.57. The number of ether oxygens (including phenoxy) is 1. The summed E-state index contributed by atoms with van der Waals surface area (Å²) in [4.78, 5) is 0. The lowest BCUT2D eigenvalue weighted by molar-refractivity contribution is -0.0233. The van der Waals surface area contributed by atoms with Crippen LogP contribution in [0, 0.1) is 12.8 Å². The largest absolute Gasteiger partial charge is 0.372 e. The Morgan fingerprint density at radius 2 is 2.21 bits per heavy atom. The summed E-state index contributed by atoms with van der Waals surface area (Å²) in [5, 5.41) is 1.06. The van der Waals surface area contributed by atoms with Crippen molar-refractivity contribution in [3.8, 4) is 0 Å². The minimum atomic E-state index is 0.0882. The van der Waals surface area contributed by atoms with Gasteiger partial charge in [-0.05, 0) is 57.9 Å². The third-order valence-electron chi connectivity index (χ3n) is 3.98. The highest BCUT2D eigenvalue weighted by Gasteiger charge is 2.32. The Morgan fingerprint density at radius 3 is 2.79 bits per heavy atom. The molecular formula is C17H25BrO. The van der Waals surface area contributed by atoms with Crippen molar-refractivity contribution in [2.24, 2.45) is 5.92 Å². The van der Waals surface area contributed by atoms with Crippen molar-refractivity contribution in [2.75, 3.05) is 5.33 Å². The molecule has 1 aliphatic heterocycles. The van der Waals surface area contributed by atoms with Gasteiger partial charge in [0.15, 0.2) is 0 Å². The van der Waals surface area contributed by atoms with Crippen molar-refractivity contribution in [3.05, 3.63) is 35.4 Å². The molecule has 1 aliphatic rings. The fourth-order valence-electron chi connectivity index (χ4n) is 2.99. The van der Waals surface area contributed by atoms with Gasteiger partial charge in [-0.2, -0.15) is 0 Å². The zero-order chi connectivity index (χ0) is 13.9. The molecule has 106 valence electrons. The van der Waals surface area contributed by atoms with Gasteiger partial charge in [0, 0.05) is 5.33 Å². The van der Waals surface area contributed by atoms with Crippen LogP contribution in [0.2, 0.25) is 0 Å². The van der Waals surface area contributed by atoms with E-state index in [1.54, 1.807) is 0 Å². The van der Waals surface area contributed by atoms with Crippen LogP contribution in [-0.2, 0) is 11.2 Å². The lowest BCUT2D eigenvalue weighted by Crippen LogP contribution is -2.22. The Labute approximate surface area is 125 Å². The fraction of sp³-hybridized carbons (Fsp3) is 0.647. The van der Waals surface area contributed by atoms with Crippen molar-refractivity contribution >= 4 is 15.9 Å². The van der Waals surface area contributed by atoms with Crippen molar-refractivity contribution in [1.29, 1.82) is 0 Å². The number of halogens is 1. The third-order valence-corrected chi connectivity index (χ3v) is 4.89. The first-order chi connectivity index (χ1) is 8.98. The standard InChI is InChI=1S/C17H25BrO/c1-13-5-4-6-14(9-13)10-15(12-18)11-16-7-8-17(2,3)19-16/h4-6,9,15-16H,7-8,10-12H2,1-3H3. The minimum absolute atomic E-state index is 0.0882. The van der Waals surface area contributed by atoms with Crippen LogP contribution in [0.15, 0.2) is 24.3 Å². The molecular weight excluding hydrogens is 300 g/mol. The van der Waals surface area contributed by atoms with E-state index in [0.717, 1.165) is 11.8 Å². The summed E-state index contributed by atoms with van der Waals surface area (Å²) in [5.74, 6) is 0.667. The maximum absolute atomic E-state index is 6.12. The minimum Gasteiger partial charge on any atom is -0.372 e. The lowest BCUT2D eigenvalue weighted by Gasteiger charge is -2.22. The fourth-order valence-corrected chi connectivity index (χ4v) is 3.48. The van der Waals surface area contributed by atoms with E-state index in [0.29, 0.717) is 12.0 Å². The molecule has 0 aromatic heterocycles. The van der Waals surface area contributed by atoms with Gasteiger partial charge in [0.05, 0.1) is 11.7 Å². The molecule has 2 atom stereocenters. The van der Waals surface area contributed by atoms with E-state index in [4.69, 9.17) is 4.74 Å². The predicted molar refractivity (Wildman–Crippen MR) is 85.0 cm³/mol. The molecule has 1 saturated heterocycles. The topological polar surface area (TPSA) is 9.23 Å². The molecule has 0 saturated carbocycles. The van der Waals surface area contributed by atoms with E-state index in [1.807, 2.05) is 0 Å². The van der Waals surface area contributed by atoms with Crippen LogP contribution in [0.1, 0.15) is 44.2 Å². The van der Waals surface area contributed by atoms with Gasteiger partial charge in [-0.15, -0.1) is 0 Å². The van der Waals surface area contributed by atoms with Gasteiger partial charge in [0.2, 0.25) is 0 Å². The molecule has 1 aromatic carbocycles. The first-order valence-corrected chi connectivity index (χ1v) is 8.40. The van der Waals surface area contributed by atoms with Gasteiger partial charge in [-0.1, -0.05) is 45.8 Å². The zero-order valence-electron chi connectivity index (χ0n) is 12.3. The van der Waals surface area contributed by atoms with E-state index in [1.165, 1.54) is 30.4 Å². The number of hydrogen-bond donors (Lipinski definition) is 0. The van der Waals surface area contributed by atoms with Crippen molar-refractivity contribution in [1.82, 2.24) is 0 Å². The third kappa shape index (κ3) is 4.61. The van der Waals surface area contributed by atoms with Gasteiger partial charge in [-0.25, -0.2) is 0 Å². The summed E-state index contributed by atoms with van der Waals surface area (Å²) in [5.41, 5.74) is 2.89. The first kappa shape index (κ1) is 15.1. The van der Waals surface area contributed by atoms with Crippen LogP contribution < -0.4 is 0 Å². The Hall–Kier alpha value is -0.340. The Bertz CT molecular complexity index is 413. The molecule has 2 heteroatoms. The number of aryl methyl sites for hydroxylation is 1. The molecule has 1 nitrogen and oxygen atoms in total. The van der Waals surface area contributed by atoms with Gasteiger partial charge in [-0.3, -0.25) is 0 Å². The van der Waals surface area contributed by atoms with Crippen molar-refractivity contribution in [3.63, 3.8) is 0 Å². The number of benzene rings is 1. The van der Waals surface area contributed by atoms with Gasteiger partial charge < -0.3 is 4.74 Å². The first-order valence-electron chi connectivity index (χ1n) is 7.28. The van der Waals surface area contributed by atoms with E-state index in [2.05, 4.69) is 61.0 Å². The number of alkyl halides is 1. The molecule has 19 heavy (non-hydrogen) atoms. The quantitative estimate of drug-likeness (QED) is 0.700. The monoisotopic (exact) mass is 324 g/mol. The highest BCUT2D eigenvalue weighted by molar-refractivity contribution is 9.09. The second kappa shape index (κ2) is 6.41. The summed E-state index contributed by atoms with van der Waals surface area (Å²) in [6, 6.07) is 8.86. The Balaban J connectivity index is 1.90. The molecule has 0 amide bonds. The van der Waals surface area contributed by atoms with Gasteiger partial charge in [0.1, 0.15) is 0 Å². The van der Waals surface area contributed by atoms with E-state index in [9.17, 15) is 0 Å². The van der Waals surface area contributed by atoms with Crippen LogP contribution in [-0.4, -0.2) is 17.0 Å². The average molecular weight is 325 g/mol. The molecule has 2 rings (SSSR count). The van der Waals surface area contributed by atoms with Crippen molar-refractivity contribution in [2.45, 2.75) is 58.2 Å². The average Bonchev–Trinajstić information content (AvgIpc) is 2.68. The molecule has 1 heterocycles. The molecule has 0 bridgehead atoms. The second-order valence-corrected chi connectivity index (χ2v) is 7.13. The Kier molecular flexibility index (Phi) is 5.08. The molecule has 0 aliphatic carbocycles. The van der Waals surface area contributed by atoms with Crippen LogP contribution in [0.25, 0.3) is 0 Å².